The summed E-state index contributed by atoms with van der Waals surface area (Å²) >= 11 is 3.15. The maximum atomic E-state index is 13.6. The van der Waals surface area contributed by atoms with Crippen molar-refractivity contribution >= 4 is 15.9 Å². The van der Waals surface area contributed by atoms with Gasteiger partial charge in [-0.1, -0.05) is 26.0 Å². The van der Waals surface area contributed by atoms with Crippen LogP contribution in [0.3, 0.4) is 0 Å². The lowest BCUT2D eigenvalue weighted by molar-refractivity contribution is 0.487. The van der Waals surface area contributed by atoms with E-state index in [9.17, 15) is 4.39 Å². The van der Waals surface area contributed by atoms with Crippen LogP contribution in [0.2, 0.25) is 0 Å². The Labute approximate surface area is 92.6 Å². The molecule has 0 fully saturated rings. The molecule has 1 atom stereocenters. The van der Waals surface area contributed by atoms with Gasteiger partial charge in [0.05, 0.1) is 4.47 Å². The molecule has 0 saturated heterocycles. The second kappa shape index (κ2) is 4.89. The van der Waals surface area contributed by atoms with Crippen LogP contribution in [0.5, 0.6) is 0 Å². The summed E-state index contributed by atoms with van der Waals surface area (Å²) in [7, 11) is 0. The highest BCUT2D eigenvalue weighted by Gasteiger charge is 2.14. The Morgan fingerprint density at radius 2 is 2.07 bits per heavy atom. The summed E-state index contributed by atoms with van der Waals surface area (Å²) in [6.07, 6.45) is 0.799. The van der Waals surface area contributed by atoms with Gasteiger partial charge in [-0.05, 0) is 34.3 Å². The van der Waals surface area contributed by atoms with E-state index in [2.05, 4.69) is 29.8 Å². The predicted octanol–water partition coefficient (Wildman–Crippen LogP) is 3.63. The third-order valence-electron chi connectivity index (χ3n) is 2.11. The first-order chi connectivity index (χ1) is 6.52. The summed E-state index contributed by atoms with van der Waals surface area (Å²) in [5.74, 6) is 0.240. The first-order valence-corrected chi connectivity index (χ1v) is 5.51. The van der Waals surface area contributed by atoms with Gasteiger partial charge in [-0.3, -0.25) is 0 Å². The van der Waals surface area contributed by atoms with Crippen molar-refractivity contribution < 1.29 is 4.39 Å². The van der Waals surface area contributed by atoms with Crippen molar-refractivity contribution in [1.82, 2.24) is 0 Å². The first kappa shape index (κ1) is 11.7. The Balaban J connectivity index is 2.89. The van der Waals surface area contributed by atoms with Gasteiger partial charge in [0, 0.05) is 11.6 Å². The number of hydrogen-bond donors (Lipinski definition) is 1. The molecule has 0 aromatic heterocycles. The van der Waals surface area contributed by atoms with Crippen LogP contribution in [0.4, 0.5) is 4.39 Å². The molecular formula is C11H15BrFN. The summed E-state index contributed by atoms with van der Waals surface area (Å²) in [4.78, 5) is 0. The van der Waals surface area contributed by atoms with E-state index in [1.165, 1.54) is 0 Å². The fourth-order valence-corrected chi connectivity index (χ4v) is 1.82. The number of halogens is 2. The second-order valence-electron chi connectivity index (χ2n) is 3.88. The Kier molecular flexibility index (Phi) is 4.08. The summed E-state index contributed by atoms with van der Waals surface area (Å²) in [6.45, 7) is 4.16. The van der Waals surface area contributed by atoms with Crippen LogP contribution >= 0.6 is 15.9 Å². The van der Waals surface area contributed by atoms with Gasteiger partial charge in [-0.25, -0.2) is 4.39 Å². The zero-order valence-electron chi connectivity index (χ0n) is 8.43. The molecule has 0 bridgehead atoms. The fraction of sp³-hybridized carbons (Fsp3) is 0.455. The molecule has 0 spiro atoms. The van der Waals surface area contributed by atoms with E-state index in [0.29, 0.717) is 16.0 Å². The zero-order chi connectivity index (χ0) is 10.7. The topological polar surface area (TPSA) is 26.0 Å². The average molecular weight is 260 g/mol. The molecule has 14 heavy (non-hydrogen) atoms. The SMILES string of the molecule is CC(C)CC(N)c1cccc(Br)c1F. The lowest BCUT2D eigenvalue weighted by atomic mass is 9.97. The van der Waals surface area contributed by atoms with Crippen LogP contribution in [0.25, 0.3) is 0 Å². The number of nitrogens with two attached hydrogens (primary N) is 1. The van der Waals surface area contributed by atoms with Crippen molar-refractivity contribution in [3.63, 3.8) is 0 Å². The molecule has 0 aliphatic heterocycles. The average Bonchev–Trinajstić information content (AvgIpc) is 2.08. The quantitative estimate of drug-likeness (QED) is 0.882. The van der Waals surface area contributed by atoms with Crippen LogP contribution < -0.4 is 5.73 Å². The summed E-state index contributed by atoms with van der Waals surface area (Å²) in [5.41, 5.74) is 6.50. The van der Waals surface area contributed by atoms with Crippen molar-refractivity contribution in [1.29, 1.82) is 0 Å². The standard InChI is InChI=1S/C11H15BrFN/c1-7(2)6-10(14)8-4-3-5-9(12)11(8)13/h3-5,7,10H,6,14H2,1-2H3. The van der Waals surface area contributed by atoms with Gasteiger partial charge in [0.15, 0.2) is 0 Å². The van der Waals surface area contributed by atoms with Gasteiger partial charge < -0.3 is 5.73 Å². The van der Waals surface area contributed by atoms with Crippen molar-refractivity contribution in [2.24, 2.45) is 11.7 Å². The largest absolute Gasteiger partial charge is 0.324 e. The van der Waals surface area contributed by atoms with Crippen molar-refractivity contribution in [3.8, 4) is 0 Å². The highest BCUT2D eigenvalue weighted by Crippen LogP contribution is 2.25. The third kappa shape index (κ3) is 2.79. The van der Waals surface area contributed by atoms with E-state index in [4.69, 9.17) is 5.73 Å². The maximum absolute atomic E-state index is 13.6. The molecule has 1 aromatic carbocycles. The van der Waals surface area contributed by atoms with Crippen molar-refractivity contribution in [2.45, 2.75) is 26.3 Å². The molecule has 0 aliphatic carbocycles. The van der Waals surface area contributed by atoms with Gasteiger partial charge in [0.25, 0.3) is 0 Å². The molecule has 2 N–H and O–H groups in total. The molecule has 3 heteroatoms. The lowest BCUT2D eigenvalue weighted by Crippen LogP contribution is -2.14. The summed E-state index contributed by atoms with van der Waals surface area (Å²) < 4.78 is 14.1. The Bertz CT molecular complexity index is 312. The van der Waals surface area contributed by atoms with E-state index in [0.717, 1.165) is 6.42 Å². The van der Waals surface area contributed by atoms with Crippen LogP contribution in [-0.2, 0) is 0 Å². The zero-order valence-corrected chi connectivity index (χ0v) is 10.0. The Morgan fingerprint density at radius 1 is 1.43 bits per heavy atom. The molecule has 0 amide bonds. The molecule has 0 radical (unpaired) electrons. The van der Waals surface area contributed by atoms with Gasteiger partial charge in [-0.15, -0.1) is 0 Å². The van der Waals surface area contributed by atoms with Crippen LogP contribution in [-0.4, -0.2) is 0 Å². The molecule has 0 aliphatic rings. The lowest BCUT2D eigenvalue weighted by Gasteiger charge is -2.15. The number of benzene rings is 1. The number of rotatable bonds is 3. The second-order valence-corrected chi connectivity index (χ2v) is 4.73. The fourth-order valence-electron chi connectivity index (χ4n) is 1.44. The Morgan fingerprint density at radius 3 is 2.64 bits per heavy atom. The molecule has 1 rings (SSSR count). The minimum atomic E-state index is -0.236. The summed E-state index contributed by atoms with van der Waals surface area (Å²) in [5, 5.41) is 0. The highest BCUT2D eigenvalue weighted by molar-refractivity contribution is 9.10. The minimum Gasteiger partial charge on any atom is -0.324 e. The van der Waals surface area contributed by atoms with E-state index in [1.54, 1.807) is 12.1 Å². The molecule has 1 unspecified atom stereocenters. The van der Waals surface area contributed by atoms with E-state index >= 15 is 0 Å². The molecule has 78 valence electrons. The highest BCUT2D eigenvalue weighted by atomic mass is 79.9. The molecule has 1 aromatic rings. The van der Waals surface area contributed by atoms with Gasteiger partial charge in [-0.2, -0.15) is 0 Å². The smallest absolute Gasteiger partial charge is 0.142 e. The van der Waals surface area contributed by atoms with Gasteiger partial charge in [0.1, 0.15) is 5.82 Å². The minimum absolute atomic E-state index is 0.215. The molecule has 0 heterocycles. The van der Waals surface area contributed by atoms with E-state index < -0.39 is 0 Å². The van der Waals surface area contributed by atoms with Gasteiger partial charge in [0.2, 0.25) is 0 Å². The van der Waals surface area contributed by atoms with Crippen LogP contribution in [0.1, 0.15) is 31.9 Å². The van der Waals surface area contributed by atoms with Crippen molar-refractivity contribution in [2.75, 3.05) is 0 Å². The first-order valence-electron chi connectivity index (χ1n) is 4.72. The number of hydrogen-bond acceptors (Lipinski definition) is 1. The molecular weight excluding hydrogens is 245 g/mol. The normalized spacial score (nSPS) is 13.3. The maximum Gasteiger partial charge on any atom is 0.142 e. The molecule has 0 saturated carbocycles. The van der Waals surface area contributed by atoms with Crippen molar-refractivity contribution in [3.05, 3.63) is 34.1 Å². The molecule has 1 nitrogen and oxygen atoms in total. The van der Waals surface area contributed by atoms with Crippen LogP contribution in [0.15, 0.2) is 22.7 Å². The van der Waals surface area contributed by atoms with E-state index in [1.807, 2.05) is 6.07 Å². The monoisotopic (exact) mass is 259 g/mol. The summed E-state index contributed by atoms with van der Waals surface area (Å²) in [6, 6.07) is 5.02. The Hall–Kier alpha value is -0.410. The predicted molar refractivity (Wildman–Crippen MR) is 60.5 cm³/mol. The van der Waals surface area contributed by atoms with Gasteiger partial charge >= 0.3 is 0 Å². The van der Waals surface area contributed by atoms with Crippen LogP contribution in [0, 0.1) is 11.7 Å². The third-order valence-corrected chi connectivity index (χ3v) is 2.72. The van der Waals surface area contributed by atoms with E-state index in [-0.39, 0.29) is 11.9 Å².